The maximum Gasteiger partial charge on any atom is 0.263 e. The summed E-state index contributed by atoms with van der Waals surface area (Å²) in [6, 6.07) is 24.3. The van der Waals surface area contributed by atoms with Crippen molar-refractivity contribution in [3.63, 3.8) is 0 Å². The Balaban J connectivity index is 1.31. The SMILES string of the molecule is O=C(Cn1cnc2scc(-c3ccc(Br)cc3)c2c1=O)Nc1ccc(Oc2ccccc2)cc1. The number of amides is 1. The highest BCUT2D eigenvalue weighted by molar-refractivity contribution is 9.10. The number of nitrogens with zero attached hydrogens (tertiary/aromatic N) is 2. The van der Waals surface area contributed by atoms with E-state index in [1.807, 2.05) is 60.0 Å². The lowest BCUT2D eigenvalue weighted by molar-refractivity contribution is -0.116. The van der Waals surface area contributed by atoms with Crippen molar-refractivity contribution in [2.45, 2.75) is 6.54 Å². The summed E-state index contributed by atoms with van der Waals surface area (Å²) in [6.07, 6.45) is 1.42. The Morgan fingerprint density at radius 2 is 1.68 bits per heavy atom. The summed E-state index contributed by atoms with van der Waals surface area (Å²) in [5.74, 6) is 1.07. The van der Waals surface area contributed by atoms with Crippen LogP contribution in [0.25, 0.3) is 21.3 Å². The number of nitrogens with one attached hydrogen (secondary N) is 1. The first kappa shape index (κ1) is 22.1. The number of aromatic nitrogens is 2. The van der Waals surface area contributed by atoms with Crippen LogP contribution in [0.3, 0.4) is 0 Å². The number of anilines is 1. The summed E-state index contributed by atoms with van der Waals surface area (Å²) in [4.78, 5) is 30.9. The fourth-order valence-electron chi connectivity index (χ4n) is 3.51. The Morgan fingerprint density at radius 3 is 2.41 bits per heavy atom. The third-order valence-corrected chi connectivity index (χ3v) is 6.56. The first-order valence-corrected chi connectivity index (χ1v) is 12.1. The normalized spacial score (nSPS) is 10.9. The summed E-state index contributed by atoms with van der Waals surface area (Å²) in [5, 5.41) is 5.26. The van der Waals surface area contributed by atoms with E-state index in [1.165, 1.54) is 22.2 Å². The topological polar surface area (TPSA) is 73.2 Å². The number of thiophene rings is 1. The number of carbonyl (C=O) groups excluding carboxylic acids is 1. The molecule has 0 radical (unpaired) electrons. The fraction of sp³-hybridized carbons (Fsp3) is 0.0385. The maximum atomic E-state index is 13.2. The number of benzene rings is 3. The minimum atomic E-state index is -0.319. The van der Waals surface area contributed by atoms with Crippen LogP contribution in [0.1, 0.15) is 0 Å². The molecule has 0 unspecified atom stereocenters. The molecule has 2 aromatic heterocycles. The standard InChI is InChI=1S/C26H18BrN3O3S/c27-18-8-6-17(7-9-18)22-15-34-25-24(22)26(32)30(16-28-25)14-23(31)29-19-10-12-21(13-11-19)33-20-4-2-1-3-5-20/h1-13,15-16H,14H2,(H,29,31). The monoisotopic (exact) mass is 531 g/mol. The molecular weight excluding hydrogens is 514 g/mol. The van der Waals surface area contributed by atoms with Crippen LogP contribution in [-0.2, 0) is 11.3 Å². The van der Waals surface area contributed by atoms with E-state index in [1.54, 1.807) is 24.3 Å². The van der Waals surface area contributed by atoms with Crippen LogP contribution in [0.5, 0.6) is 11.5 Å². The molecule has 0 aliphatic heterocycles. The highest BCUT2D eigenvalue weighted by Crippen LogP contribution is 2.31. The Labute approximate surface area is 207 Å². The van der Waals surface area contributed by atoms with Crippen LogP contribution in [0, 0.1) is 0 Å². The Bertz CT molecular complexity index is 1510. The molecule has 1 N–H and O–H groups in total. The lowest BCUT2D eigenvalue weighted by Crippen LogP contribution is -2.27. The number of hydrogen-bond donors (Lipinski definition) is 1. The number of halogens is 1. The van der Waals surface area contributed by atoms with E-state index >= 15 is 0 Å². The molecule has 0 bridgehead atoms. The summed E-state index contributed by atoms with van der Waals surface area (Å²) in [6.45, 7) is -0.139. The van der Waals surface area contributed by atoms with Crippen molar-refractivity contribution < 1.29 is 9.53 Å². The predicted octanol–water partition coefficient (Wildman–Crippen LogP) is 6.32. The average Bonchev–Trinajstić information content (AvgIpc) is 3.28. The zero-order chi connectivity index (χ0) is 23.5. The molecule has 6 nitrogen and oxygen atoms in total. The molecule has 0 saturated carbocycles. The van der Waals surface area contributed by atoms with Gasteiger partial charge in [0.1, 0.15) is 22.9 Å². The van der Waals surface area contributed by atoms with Crippen LogP contribution in [0.4, 0.5) is 5.69 Å². The molecule has 0 atom stereocenters. The molecular formula is C26H18BrN3O3S. The lowest BCUT2D eigenvalue weighted by Gasteiger charge is -2.09. The van der Waals surface area contributed by atoms with Gasteiger partial charge in [-0.15, -0.1) is 11.3 Å². The van der Waals surface area contributed by atoms with Gasteiger partial charge in [-0.05, 0) is 54.1 Å². The molecule has 2 heterocycles. The lowest BCUT2D eigenvalue weighted by atomic mass is 10.1. The van der Waals surface area contributed by atoms with Gasteiger partial charge in [0.15, 0.2) is 0 Å². The van der Waals surface area contributed by atoms with Gasteiger partial charge in [0.05, 0.1) is 11.7 Å². The minimum Gasteiger partial charge on any atom is -0.457 e. The number of ether oxygens (including phenoxy) is 1. The maximum absolute atomic E-state index is 13.2. The molecule has 3 aromatic carbocycles. The second-order valence-electron chi connectivity index (χ2n) is 7.50. The van der Waals surface area contributed by atoms with Gasteiger partial charge in [-0.1, -0.05) is 46.3 Å². The van der Waals surface area contributed by atoms with E-state index in [0.717, 1.165) is 21.3 Å². The number of carbonyl (C=O) groups is 1. The summed E-state index contributed by atoms with van der Waals surface area (Å²) >= 11 is 4.84. The number of fused-ring (bicyclic) bond motifs is 1. The average molecular weight is 532 g/mol. The van der Waals surface area contributed by atoms with Crippen LogP contribution in [0.15, 0.2) is 99.8 Å². The predicted molar refractivity (Wildman–Crippen MR) is 139 cm³/mol. The van der Waals surface area contributed by atoms with Gasteiger partial charge in [0, 0.05) is 21.1 Å². The van der Waals surface area contributed by atoms with Crippen molar-refractivity contribution in [2.75, 3.05) is 5.32 Å². The molecule has 0 saturated heterocycles. The second-order valence-corrected chi connectivity index (χ2v) is 9.28. The number of rotatable bonds is 6. The summed E-state index contributed by atoms with van der Waals surface area (Å²) < 4.78 is 8.06. The molecule has 34 heavy (non-hydrogen) atoms. The largest absolute Gasteiger partial charge is 0.457 e. The van der Waals surface area contributed by atoms with Crippen LogP contribution < -0.4 is 15.6 Å². The van der Waals surface area contributed by atoms with Crippen LogP contribution in [0.2, 0.25) is 0 Å². The van der Waals surface area contributed by atoms with Crippen molar-refractivity contribution in [1.29, 1.82) is 0 Å². The Morgan fingerprint density at radius 1 is 0.971 bits per heavy atom. The van der Waals surface area contributed by atoms with Gasteiger partial charge in [0.25, 0.3) is 5.56 Å². The zero-order valence-corrected chi connectivity index (χ0v) is 20.2. The van der Waals surface area contributed by atoms with Gasteiger partial charge in [-0.2, -0.15) is 0 Å². The van der Waals surface area contributed by atoms with E-state index in [4.69, 9.17) is 4.74 Å². The minimum absolute atomic E-state index is 0.139. The van der Waals surface area contributed by atoms with E-state index in [-0.39, 0.29) is 18.0 Å². The van der Waals surface area contributed by atoms with Gasteiger partial charge in [-0.25, -0.2) is 4.98 Å². The molecule has 5 rings (SSSR count). The van der Waals surface area contributed by atoms with Gasteiger partial charge >= 0.3 is 0 Å². The molecule has 0 fully saturated rings. The van der Waals surface area contributed by atoms with Gasteiger partial charge in [0.2, 0.25) is 5.91 Å². The van der Waals surface area contributed by atoms with Gasteiger partial charge < -0.3 is 10.1 Å². The highest BCUT2D eigenvalue weighted by atomic mass is 79.9. The molecule has 5 aromatic rings. The quantitative estimate of drug-likeness (QED) is 0.278. The molecule has 0 aliphatic rings. The molecule has 1 amide bonds. The van der Waals surface area contributed by atoms with Crippen molar-refractivity contribution >= 4 is 49.1 Å². The third-order valence-electron chi connectivity index (χ3n) is 5.15. The number of hydrogen-bond acceptors (Lipinski definition) is 5. The highest BCUT2D eigenvalue weighted by Gasteiger charge is 2.15. The van der Waals surface area contributed by atoms with Crippen molar-refractivity contribution in [1.82, 2.24) is 9.55 Å². The smallest absolute Gasteiger partial charge is 0.263 e. The Kier molecular flexibility index (Phi) is 6.24. The van der Waals surface area contributed by atoms with Crippen LogP contribution in [-0.4, -0.2) is 15.5 Å². The fourth-order valence-corrected chi connectivity index (χ4v) is 4.68. The molecule has 0 aliphatic carbocycles. The van der Waals surface area contributed by atoms with Crippen LogP contribution >= 0.6 is 27.3 Å². The zero-order valence-electron chi connectivity index (χ0n) is 17.8. The van der Waals surface area contributed by atoms with Crippen molar-refractivity contribution in [2.24, 2.45) is 0 Å². The van der Waals surface area contributed by atoms with E-state index in [9.17, 15) is 9.59 Å². The summed E-state index contributed by atoms with van der Waals surface area (Å²) in [5.41, 5.74) is 2.10. The third kappa shape index (κ3) is 4.78. The molecule has 168 valence electrons. The van der Waals surface area contributed by atoms with Crippen molar-refractivity contribution in [3.05, 3.63) is 105 Å². The first-order chi connectivity index (χ1) is 16.6. The molecule has 0 spiro atoms. The number of para-hydroxylation sites is 1. The van der Waals surface area contributed by atoms with E-state index in [2.05, 4.69) is 26.2 Å². The molecule has 8 heteroatoms. The Hall–Kier alpha value is -3.75. The summed E-state index contributed by atoms with van der Waals surface area (Å²) in [7, 11) is 0. The van der Waals surface area contributed by atoms with Gasteiger partial charge in [-0.3, -0.25) is 14.2 Å². The first-order valence-electron chi connectivity index (χ1n) is 10.4. The second kappa shape index (κ2) is 9.62. The van der Waals surface area contributed by atoms with Crippen molar-refractivity contribution in [3.8, 4) is 22.6 Å². The van der Waals surface area contributed by atoms with E-state index in [0.29, 0.717) is 21.7 Å². The van der Waals surface area contributed by atoms with E-state index < -0.39 is 0 Å².